The monoisotopic (exact) mass is 364 g/mol. The van der Waals surface area contributed by atoms with Gasteiger partial charge in [-0.05, 0) is 32.9 Å². The Hall–Kier alpha value is -2.22. The molecule has 134 valence electrons. The lowest BCUT2D eigenvalue weighted by molar-refractivity contribution is -0.168. The molecule has 2 aliphatic heterocycles. The summed E-state index contributed by atoms with van der Waals surface area (Å²) >= 11 is 1.39. The number of nitrogens with one attached hydrogen (secondary N) is 1. The Morgan fingerprint density at radius 1 is 1.28 bits per heavy atom. The molecule has 1 unspecified atom stereocenters. The van der Waals surface area contributed by atoms with Crippen molar-refractivity contribution in [3.8, 4) is 5.75 Å². The molecule has 7 nitrogen and oxygen atoms in total. The Morgan fingerprint density at radius 2 is 1.92 bits per heavy atom. The average Bonchev–Trinajstić information content (AvgIpc) is 2.83. The molecule has 0 spiro atoms. The van der Waals surface area contributed by atoms with Crippen LogP contribution in [-0.2, 0) is 14.4 Å². The summed E-state index contributed by atoms with van der Waals surface area (Å²) in [4.78, 5) is 37.7. The van der Waals surface area contributed by atoms with Crippen LogP contribution in [-0.4, -0.2) is 56.1 Å². The number of aliphatic carboxylic acids is 1. The summed E-state index contributed by atoms with van der Waals surface area (Å²) in [5, 5.41) is 11.7. The van der Waals surface area contributed by atoms with Crippen molar-refractivity contribution in [3.63, 3.8) is 0 Å². The maximum absolute atomic E-state index is 12.6. The van der Waals surface area contributed by atoms with Gasteiger partial charge in [-0.3, -0.25) is 9.59 Å². The highest BCUT2D eigenvalue weighted by molar-refractivity contribution is 8.01. The number of hydrogen-bond donors (Lipinski definition) is 2. The Balaban J connectivity index is 1.66. The van der Waals surface area contributed by atoms with Crippen molar-refractivity contribution < 1.29 is 24.2 Å². The summed E-state index contributed by atoms with van der Waals surface area (Å²) in [7, 11) is 0. The zero-order valence-electron chi connectivity index (χ0n) is 14.2. The van der Waals surface area contributed by atoms with Gasteiger partial charge in [-0.2, -0.15) is 0 Å². The fourth-order valence-corrected chi connectivity index (χ4v) is 4.97. The molecule has 8 heteroatoms. The molecular formula is C17H20N2O5S. The third-order valence-electron chi connectivity index (χ3n) is 4.52. The zero-order chi connectivity index (χ0) is 18.4. The molecule has 25 heavy (non-hydrogen) atoms. The van der Waals surface area contributed by atoms with Crippen molar-refractivity contribution in [2.75, 3.05) is 6.61 Å². The number of para-hydroxylation sites is 1. The number of carboxylic acids is 1. The van der Waals surface area contributed by atoms with Crippen LogP contribution in [0.25, 0.3) is 0 Å². The van der Waals surface area contributed by atoms with Crippen LogP contribution < -0.4 is 10.1 Å². The summed E-state index contributed by atoms with van der Waals surface area (Å²) in [6, 6.07) is 8.00. The van der Waals surface area contributed by atoms with E-state index in [9.17, 15) is 19.5 Å². The number of amides is 2. The number of nitrogens with zero attached hydrogens (tertiary/aromatic N) is 1. The second-order valence-electron chi connectivity index (χ2n) is 6.88. The summed E-state index contributed by atoms with van der Waals surface area (Å²) in [5.74, 6) is -1.27. The highest BCUT2D eigenvalue weighted by atomic mass is 32.2. The van der Waals surface area contributed by atoms with E-state index in [1.54, 1.807) is 45.0 Å². The number of carbonyl (C=O) groups excluding carboxylic acids is 2. The van der Waals surface area contributed by atoms with Crippen LogP contribution in [0.15, 0.2) is 30.3 Å². The standard InChI is InChI=1S/C17H20N2O5S/c1-16(2)12(13(21)22)19-14(23)17(3,15(19)25-16)18-11(20)9-24-10-7-5-4-6-8-10/h4-8,12,15H,9H2,1-3H3,(H,18,20)(H,21,22)/t12-,15+,17?/m0/s1. The van der Waals surface area contributed by atoms with Crippen molar-refractivity contribution in [3.05, 3.63) is 30.3 Å². The number of β-lactam (4-membered cyclic amide) rings is 1. The molecule has 2 heterocycles. The third kappa shape index (κ3) is 2.84. The normalized spacial score (nSPS) is 29.6. The Kier molecular flexibility index (Phi) is 4.18. The minimum Gasteiger partial charge on any atom is -0.484 e. The smallest absolute Gasteiger partial charge is 0.327 e. The lowest BCUT2D eigenvalue weighted by Gasteiger charge is -2.51. The summed E-state index contributed by atoms with van der Waals surface area (Å²) < 4.78 is 4.76. The fourth-order valence-electron chi connectivity index (χ4n) is 3.33. The van der Waals surface area contributed by atoms with E-state index in [1.807, 2.05) is 6.07 Å². The van der Waals surface area contributed by atoms with Crippen LogP contribution in [0.3, 0.4) is 0 Å². The van der Waals surface area contributed by atoms with Gasteiger partial charge in [-0.25, -0.2) is 4.79 Å². The SMILES string of the molecule is CC1(C)S[C@H]2N(C(=O)C2(C)NC(=O)COc2ccccc2)[C@H]1C(=O)O. The second-order valence-corrected chi connectivity index (χ2v) is 8.61. The number of rotatable bonds is 5. The number of carboxylic acid groups (broad SMARTS) is 1. The minimum atomic E-state index is -1.12. The van der Waals surface area contributed by atoms with E-state index >= 15 is 0 Å². The first-order valence-electron chi connectivity index (χ1n) is 7.89. The molecule has 2 aliphatic rings. The largest absolute Gasteiger partial charge is 0.484 e. The van der Waals surface area contributed by atoms with E-state index in [0.717, 1.165) is 0 Å². The molecule has 3 atom stereocenters. The molecular weight excluding hydrogens is 344 g/mol. The van der Waals surface area contributed by atoms with Gasteiger partial charge < -0.3 is 20.1 Å². The van der Waals surface area contributed by atoms with Crippen LogP contribution in [0, 0.1) is 0 Å². The van der Waals surface area contributed by atoms with Crippen molar-refractivity contribution in [2.24, 2.45) is 0 Å². The van der Waals surface area contributed by atoms with E-state index in [-0.39, 0.29) is 12.5 Å². The van der Waals surface area contributed by atoms with Gasteiger partial charge in [0.1, 0.15) is 22.7 Å². The number of carbonyl (C=O) groups is 3. The molecule has 0 radical (unpaired) electrons. The van der Waals surface area contributed by atoms with Crippen LogP contribution in [0.5, 0.6) is 5.75 Å². The zero-order valence-corrected chi connectivity index (χ0v) is 15.0. The Bertz CT molecular complexity index is 723. The van der Waals surface area contributed by atoms with Crippen molar-refractivity contribution in [1.82, 2.24) is 10.2 Å². The topological polar surface area (TPSA) is 95.9 Å². The molecule has 2 fully saturated rings. The van der Waals surface area contributed by atoms with Crippen LogP contribution in [0.4, 0.5) is 0 Å². The van der Waals surface area contributed by atoms with Crippen molar-refractivity contribution >= 4 is 29.5 Å². The van der Waals surface area contributed by atoms with Crippen molar-refractivity contribution in [1.29, 1.82) is 0 Å². The van der Waals surface area contributed by atoms with E-state index in [4.69, 9.17) is 4.74 Å². The first-order chi connectivity index (χ1) is 11.7. The van der Waals surface area contributed by atoms with E-state index in [2.05, 4.69) is 5.32 Å². The number of fused-ring (bicyclic) bond motifs is 1. The van der Waals surface area contributed by atoms with Crippen LogP contribution in [0.2, 0.25) is 0 Å². The number of benzene rings is 1. The molecule has 0 bridgehead atoms. The average molecular weight is 364 g/mol. The van der Waals surface area contributed by atoms with Crippen molar-refractivity contribution in [2.45, 2.75) is 42.5 Å². The summed E-state index contributed by atoms with van der Waals surface area (Å²) in [5.41, 5.74) is -1.12. The van der Waals surface area contributed by atoms with Gasteiger partial charge in [0.2, 0.25) is 0 Å². The van der Waals surface area contributed by atoms with Gasteiger partial charge in [0, 0.05) is 4.75 Å². The molecule has 2 N–H and O–H groups in total. The molecule has 3 rings (SSSR count). The quantitative estimate of drug-likeness (QED) is 0.760. The van der Waals surface area contributed by atoms with Gasteiger partial charge in [0.05, 0.1) is 0 Å². The second kappa shape index (κ2) is 5.94. The molecule has 0 saturated carbocycles. The lowest BCUT2D eigenvalue weighted by atomic mass is 9.86. The predicted molar refractivity (Wildman–Crippen MR) is 92.2 cm³/mol. The Labute approximate surface area is 149 Å². The molecule has 0 aromatic heterocycles. The Morgan fingerprint density at radius 3 is 2.52 bits per heavy atom. The van der Waals surface area contributed by atoms with Gasteiger partial charge in [-0.15, -0.1) is 11.8 Å². The molecule has 1 aromatic carbocycles. The van der Waals surface area contributed by atoms with Crippen LogP contribution >= 0.6 is 11.8 Å². The number of ether oxygens (including phenoxy) is 1. The lowest BCUT2D eigenvalue weighted by Crippen LogP contribution is -2.78. The first-order valence-corrected chi connectivity index (χ1v) is 8.77. The van der Waals surface area contributed by atoms with Crippen LogP contribution in [0.1, 0.15) is 20.8 Å². The highest BCUT2D eigenvalue weighted by Crippen LogP contribution is 2.54. The minimum absolute atomic E-state index is 0.212. The molecule has 0 aliphatic carbocycles. The van der Waals surface area contributed by atoms with E-state index < -0.39 is 33.6 Å². The summed E-state index contributed by atoms with van der Waals surface area (Å²) in [6.45, 7) is 5.01. The van der Waals surface area contributed by atoms with E-state index in [0.29, 0.717) is 5.75 Å². The van der Waals surface area contributed by atoms with Gasteiger partial charge >= 0.3 is 5.97 Å². The summed E-state index contributed by atoms with van der Waals surface area (Å²) in [6.07, 6.45) is 0. The van der Waals surface area contributed by atoms with E-state index in [1.165, 1.54) is 16.7 Å². The maximum atomic E-state index is 12.6. The number of hydrogen-bond acceptors (Lipinski definition) is 5. The molecule has 2 amide bonds. The van der Waals surface area contributed by atoms with Gasteiger partial charge in [0.25, 0.3) is 11.8 Å². The van der Waals surface area contributed by atoms with Gasteiger partial charge in [0.15, 0.2) is 6.61 Å². The third-order valence-corrected chi connectivity index (χ3v) is 6.28. The fraction of sp³-hybridized carbons (Fsp3) is 0.471. The first kappa shape index (κ1) is 17.6. The molecule has 1 aromatic rings. The number of thioether (sulfide) groups is 1. The highest BCUT2D eigenvalue weighted by Gasteiger charge is 2.70. The molecule has 2 saturated heterocycles. The predicted octanol–water partition coefficient (Wildman–Crippen LogP) is 1.09. The maximum Gasteiger partial charge on any atom is 0.327 e. The van der Waals surface area contributed by atoms with Gasteiger partial charge in [-0.1, -0.05) is 18.2 Å².